The van der Waals surface area contributed by atoms with Crippen molar-refractivity contribution in [1.82, 2.24) is 0 Å². The Balaban J connectivity index is 2.09. The largest absolute Gasteiger partial charge is 0.487 e. The van der Waals surface area contributed by atoms with Gasteiger partial charge in [-0.05, 0) is 18.2 Å². The molecule has 0 fully saturated rings. The molecule has 0 radical (unpaired) electrons. The molecule has 0 spiro atoms. The van der Waals surface area contributed by atoms with Crippen LogP contribution in [-0.2, 0) is 6.61 Å². The monoisotopic (exact) mass is 269 g/mol. The molecule has 0 amide bonds. The van der Waals surface area contributed by atoms with Crippen LogP contribution in [0.4, 0.5) is 0 Å². The predicted octanol–water partition coefficient (Wildman–Crippen LogP) is 2.51. The minimum Gasteiger partial charge on any atom is -0.487 e. The Labute approximate surface area is 117 Å². The maximum atomic E-state index is 9.03. The minimum absolute atomic E-state index is 0.0500. The molecule has 4 nitrogen and oxygen atoms in total. The molecule has 1 N–H and O–H groups in total. The van der Waals surface area contributed by atoms with Crippen LogP contribution in [0, 0.1) is 11.3 Å². The first-order valence-electron chi connectivity index (χ1n) is 6.28. The van der Waals surface area contributed by atoms with E-state index in [-0.39, 0.29) is 13.2 Å². The van der Waals surface area contributed by atoms with Gasteiger partial charge in [0.1, 0.15) is 13.2 Å². The lowest BCUT2D eigenvalue weighted by atomic mass is 10.1. The van der Waals surface area contributed by atoms with Crippen molar-refractivity contribution < 1.29 is 14.6 Å². The van der Waals surface area contributed by atoms with Crippen LogP contribution in [0.3, 0.4) is 0 Å². The van der Waals surface area contributed by atoms with Crippen molar-refractivity contribution in [3.63, 3.8) is 0 Å². The van der Waals surface area contributed by atoms with Gasteiger partial charge in [-0.1, -0.05) is 30.3 Å². The van der Waals surface area contributed by atoms with Gasteiger partial charge in [0.2, 0.25) is 0 Å². The molecular formula is C16H15NO3. The van der Waals surface area contributed by atoms with Crippen molar-refractivity contribution in [3.8, 4) is 17.6 Å². The molecule has 0 heterocycles. The number of ether oxygens (including phenoxy) is 2. The van der Waals surface area contributed by atoms with Crippen LogP contribution < -0.4 is 9.47 Å². The summed E-state index contributed by atoms with van der Waals surface area (Å²) in [5, 5.41) is 17.8. The molecule has 0 atom stereocenters. The summed E-state index contributed by atoms with van der Waals surface area (Å²) in [7, 11) is 0. The smallest absolute Gasteiger partial charge is 0.161 e. The number of para-hydroxylation sites is 2. The Kier molecular flexibility index (Phi) is 4.99. The van der Waals surface area contributed by atoms with Crippen LogP contribution in [-0.4, -0.2) is 18.3 Å². The standard InChI is InChI=1S/C16H15NO3/c17-11-13-5-1-2-6-14(13)12-20-16-8-4-3-7-15(16)19-10-9-18/h1-8,18H,9-10,12H2. The lowest BCUT2D eigenvalue weighted by Gasteiger charge is -2.12. The van der Waals surface area contributed by atoms with Crippen LogP contribution in [0.2, 0.25) is 0 Å². The first-order valence-corrected chi connectivity index (χ1v) is 6.28. The normalized spacial score (nSPS) is 9.80. The summed E-state index contributed by atoms with van der Waals surface area (Å²) < 4.78 is 11.1. The first kappa shape index (κ1) is 13.9. The molecule has 102 valence electrons. The van der Waals surface area contributed by atoms with Crippen molar-refractivity contribution in [2.45, 2.75) is 6.61 Å². The molecule has 0 bridgehead atoms. The average Bonchev–Trinajstić information content (AvgIpc) is 2.52. The first-order chi connectivity index (χ1) is 9.85. The summed E-state index contributed by atoms with van der Waals surface area (Å²) in [5.41, 5.74) is 1.42. The third-order valence-corrected chi connectivity index (χ3v) is 2.72. The van der Waals surface area contributed by atoms with Gasteiger partial charge in [-0.3, -0.25) is 0 Å². The van der Waals surface area contributed by atoms with E-state index in [0.717, 1.165) is 5.56 Å². The fraction of sp³-hybridized carbons (Fsp3) is 0.188. The van der Waals surface area contributed by atoms with Gasteiger partial charge in [-0.2, -0.15) is 5.26 Å². The Morgan fingerprint density at radius 2 is 1.60 bits per heavy atom. The Morgan fingerprint density at radius 3 is 2.30 bits per heavy atom. The zero-order valence-corrected chi connectivity index (χ0v) is 11.0. The molecule has 2 aromatic rings. The highest BCUT2D eigenvalue weighted by Gasteiger charge is 2.06. The van der Waals surface area contributed by atoms with Crippen LogP contribution >= 0.6 is 0 Å². The van der Waals surface area contributed by atoms with Gasteiger partial charge in [0.05, 0.1) is 18.2 Å². The highest BCUT2D eigenvalue weighted by molar-refractivity contribution is 5.41. The van der Waals surface area contributed by atoms with Crippen molar-refractivity contribution in [3.05, 3.63) is 59.7 Å². The molecule has 20 heavy (non-hydrogen) atoms. The number of hydrogen-bond acceptors (Lipinski definition) is 4. The van der Waals surface area contributed by atoms with E-state index in [1.165, 1.54) is 0 Å². The SMILES string of the molecule is N#Cc1ccccc1COc1ccccc1OCCO. The van der Waals surface area contributed by atoms with Crippen molar-refractivity contribution in [2.24, 2.45) is 0 Å². The van der Waals surface area contributed by atoms with E-state index in [1.807, 2.05) is 30.3 Å². The van der Waals surface area contributed by atoms with Gasteiger partial charge in [0, 0.05) is 5.56 Å². The van der Waals surface area contributed by atoms with Crippen LogP contribution in [0.1, 0.15) is 11.1 Å². The van der Waals surface area contributed by atoms with Gasteiger partial charge in [0.25, 0.3) is 0 Å². The highest BCUT2D eigenvalue weighted by Crippen LogP contribution is 2.27. The van der Waals surface area contributed by atoms with Gasteiger partial charge >= 0.3 is 0 Å². The summed E-state index contributed by atoms with van der Waals surface area (Å²) >= 11 is 0. The topological polar surface area (TPSA) is 62.5 Å². The molecule has 0 aliphatic carbocycles. The summed E-state index contributed by atoms with van der Waals surface area (Å²) in [4.78, 5) is 0. The molecule has 4 heteroatoms. The van der Waals surface area contributed by atoms with Gasteiger partial charge in [-0.15, -0.1) is 0 Å². The van der Waals surface area contributed by atoms with Crippen LogP contribution in [0.5, 0.6) is 11.5 Å². The number of nitriles is 1. The van der Waals surface area contributed by atoms with E-state index in [4.69, 9.17) is 19.8 Å². The second-order valence-electron chi connectivity index (χ2n) is 4.08. The molecule has 0 aromatic heterocycles. The summed E-state index contributed by atoms with van der Waals surface area (Å²) in [6.45, 7) is 0.462. The Bertz CT molecular complexity index is 605. The van der Waals surface area contributed by atoms with Gasteiger partial charge < -0.3 is 14.6 Å². The van der Waals surface area contributed by atoms with Gasteiger partial charge in [0.15, 0.2) is 11.5 Å². The second-order valence-corrected chi connectivity index (χ2v) is 4.08. The quantitative estimate of drug-likeness (QED) is 0.875. The lowest BCUT2D eigenvalue weighted by molar-refractivity contribution is 0.192. The van der Waals surface area contributed by atoms with E-state index >= 15 is 0 Å². The number of nitrogens with zero attached hydrogens (tertiary/aromatic N) is 1. The number of benzene rings is 2. The van der Waals surface area contributed by atoms with Crippen molar-refractivity contribution in [1.29, 1.82) is 5.26 Å². The van der Waals surface area contributed by atoms with Crippen molar-refractivity contribution in [2.75, 3.05) is 13.2 Å². The fourth-order valence-electron chi connectivity index (χ4n) is 1.75. The number of rotatable bonds is 6. The van der Waals surface area contributed by atoms with E-state index < -0.39 is 0 Å². The number of aliphatic hydroxyl groups excluding tert-OH is 1. The van der Waals surface area contributed by atoms with E-state index in [9.17, 15) is 0 Å². The van der Waals surface area contributed by atoms with Crippen LogP contribution in [0.15, 0.2) is 48.5 Å². The number of hydrogen-bond donors (Lipinski definition) is 1. The third-order valence-electron chi connectivity index (χ3n) is 2.72. The molecule has 0 unspecified atom stereocenters. The summed E-state index contributed by atoms with van der Waals surface area (Å²) in [5.74, 6) is 1.17. The zero-order valence-electron chi connectivity index (χ0n) is 11.0. The maximum Gasteiger partial charge on any atom is 0.161 e. The molecule has 2 aromatic carbocycles. The second kappa shape index (κ2) is 7.17. The molecule has 0 aliphatic heterocycles. The molecule has 0 saturated heterocycles. The average molecular weight is 269 g/mol. The Morgan fingerprint density at radius 1 is 0.950 bits per heavy atom. The van der Waals surface area contributed by atoms with Crippen LogP contribution in [0.25, 0.3) is 0 Å². The number of aliphatic hydroxyl groups is 1. The van der Waals surface area contributed by atoms with Crippen molar-refractivity contribution >= 4 is 0 Å². The summed E-state index contributed by atoms with van der Waals surface area (Å²) in [6, 6.07) is 16.7. The van der Waals surface area contributed by atoms with E-state index in [2.05, 4.69) is 6.07 Å². The van der Waals surface area contributed by atoms with Gasteiger partial charge in [-0.25, -0.2) is 0 Å². The van der Waals surface area contributed by atoms with E-state index in [0.29, 0.717) is 23.7 Å². The summed E-state index contributed by atoms with van der Waals surface area (Å²) in [6.07, 6.45) is 0. The zero-order chi connectivity index (χ0) is 14.2. The predicted molar refractivity (Wildman–Crippen MR) is 74.5 cm³/mol. The highest BCUT2D eigenvalue weighted by atomic mass is 16.5. The molecular weight excluding hydrogens is 254 g/mol. The molecule has 0 aliphatic rings. The lowest BCUT2D eigenvalue weighted by Crippen LogP contribution is -2.04. The van der Waals surface area contributed by atoms with E-state index in [1.54, 1.807) is 18.2 Å². The molecule has 0 saturated carbocycles. The third kappa shape index (κ3) is 3.50. The molecule has 2 rings (SSSR count). The minimum atomic E-state index is -0.0500. The Hall–Kier alpha value is -2.51. The maximum absolute atomic E-state index is 9.03. The fourth-order valence-corrected chi connectivity index (χ4v) is 1.75.